The van der Waals surface area contributed by atoms with Gasteiger partial charge in [0.05, 0.1) is 16.6 Å². The van der Waals surface area contributed by atoms with E-state index in [0.29, 0.717) is 30.5 Å². The van der Waals surface area contributed by atoms with E-state index in [9.17, 15) is 18.7 Å². The Bertz CT molecular complexity index is 1370. The number of aliphatic hydroxyl groups excluding tert-OH is 1. The molecule has 3 aromatic rings. The van der Waals surface area contributed by atoms with Crippen molar-refractivity contribution < 1.29 is 32.5 Å². The Hall–Kier alpha value is -3.20. The molecule has 2 aromatic carbocycles. The number of halogens is 3. The number of hydrogen-bond acceptors (Lipinski definition) is 4. The number of fused-ring (bicyclic) bond motifs is 2. The van der Waals surface area contributed by atoms with Gasteiger partial charge >= 0.3 is 6.29 Å². The topological polar surface area (TPSA) is 72.7 Å². The van der Waals surface area contributed by atoms with Crippen molar-refractivity contribution in [2.24, 2.45) is 5.92 Å². The van der Waals surface area contributed by atoms with Crippen molar-refractivity contribution in [2.75, 3.05) is 11.9 Å². The first-order valence-electron chi connectivity index (χ1n) is 12.5. The van der Waals surface area contributed by atoms with Crippen molar-refractivity contribution >= 4 is 22.5 Å². The van der Waals surface area contributed by atoms with Crippen LogP contribution in [0.5, 0.6) is 11.5 Å². The molecule has 5 rings (SSSR count). The summed E-state index contributed by atoms with van der Waals surface area (Å²) in [6, 6.07) is 9.37. The van der Waals surface area contributed by atoms with Gasteiger partial charge in [0.15, 0.2) is 11.5 Å². The van der Waals surface area contributed by atoms with Crippen LogP contribution >= 0.6 is 0 Å². The standard InChI is InChI=1S/C28H31F3N2O4/c1-5-16(15-34)14-33-21-13-19(29)20(10-17(21)11-24(33)26(2,3)4)32-25(35)27(8-9-27)18-6-7-22-23(12-18)37-28(30,31)36-22/h6-7,10-13,16,34H,5,8-9,14-15H2,1-4H3,(H,32,35)/t16-/m1/s1. The molecule has 1 aliphatic heterocycles. The second-order valence-electron chi connectivity index (χ2n) is 11.1. The Morgan fingerprint density at radius 3 is 2.46 bits per heavy atom. The molecule has 9 heteroatoms. The average molecular weight is 517 g/mol. The fourth-order valence-corrected chi connectivity index (χ4v) is 5.03. The summed E-state index contributed by atoms with van der Waals surface area (Å²) in [7, 11) is 0. The van der Waals surface area contributed by atoms with E-state index in [-0.39, 0.29) is 35.1 Å². The van der Waals surface area contributed by atoms with Gasteiger partial charge in [-0.25, -0.2) is 4.39 Å². The van der Waals surface area contributed by atoms with Gasteiger partial charge in [-0.05, 0) is 55.0 Å². The van der Waals surface area contributed by atoms with Gasteiger partial charge in [0, 0.05) is 35.7 Å². The van der Waals surface area contributed by atoms with Crippen LogP contribution in [0.2, 0.25) is 0 Å². The van der Waals surface area contributed by atoms with Crippen molar-refractivity contribution in [1.29, 1.82) is 0 Å². The maximum atomic E-state index is 15.3. The van der Waals surface area contributed by atoms with Gasteiger partial charge in [0.1, 0.15) is 5.82 Å². The molecule has 1 aromatic heterocycles. The molecule has 37 heavy (non-hydrogen) atoms. The molecule has 2 aliphatic rings. The third kappa shape index (κ3) is 4.54. The van der Waals surface area contributed by atoms with Crippen LogP contribution in [0.4, 0.5) is 18.9 Å². The molecule has 1 saturated carbocycles. The average Bonchev–Trinajstić information content (AvgIpc) is 3.47. The monoisotopic (exact) mass is 516 g/mol. The Labute approximate surface area is 213 Å². The van der Waals surface area contributed by atoms with Crippen LogP contribution in [0.15, 0.2) is 36.4 Å². The number of aromatic nitrogens is 1. The van der Waals surface area contributed by atoms with Crippen molar-refractivity contribution in [3.05, 3.63) is 53.5 Å². The number of carbonyl (C=O) groups is 1. The zero-order valence-corrected chi connectivity index (χ0v) is 21.3. The molecule has 0 radical (unpaired) electrons. The first-order chi connectivity index (χ1) is 17.4. The minimum atomic E-state index is -3.74. The number of hydrogen-bond donors (Lipinski definition) is 2. The summed E-state index contributed by atoms with van der Waals surface area (Å²) < 4.78 is 53.3. The quantitative estimate of drug-likeness (QED) is 0.399. The van der Waals surface area contributed by atoms with E-state index in [1.165, 1.54) is 18.2 Å². The Morgan fingerprint density at radius 1 is 1.14 bits per heavy atom. The summed E-state index contributed by atoms with van der Waals surface area (Å²) in [5, 5.41) is 13.3. The maximum Gasteiger partial charge on any atom is 0.586 e. The number of benzene rings is 2. The molecule has 0 saturated heterocycles. The number of aliphatic hydroxyl groups is 1. The number of nitrogens with one attached hydrogen (secondary N) is 1. The first kappa shape index (κ1) is 25.4. The lowest BCUT2D eigenvalue weighted by Crippen LogP contribution is -2.28. The first-order valence-corrected chi connectivity index (χ1v) is 12.5. The van der Waals surface area contributed by atoms with E-state index < -0.39 is 23.4 Å². The highest BCUT2D eigenvalue weighted by Crippen LogP contribution is 2.52. The molecule has 198 valence electrons. The van der Waals surface area contributed by atoms with Crippen LogP contribution in [-0.2, 0) is 22.2 Å². The number of ether oxygens (including phenoxy) is 2. The largest absolute Gasteiger partial charge is 0.586 e. The van der Waals surface area contributed by atoms with E-state index in [1.54, 1.807) is 12.1 Å². The van der Waals surface area contributed by atoms with Gasteiger partial charge in [-0.15, -0.1) is 8.78 Å². The summed E-state index contributed by atoms with van der Waals surface area (Å²) in [4.78, 5) is 13.3. The van der Waals surface area contributed by atoms with Gasteiger partial charge in [0.2, 0.25) is 5.91 Å². The second kappa shape index (κ2) is 8.68. The van der Waals surface area contributed by atoms with Gasteiger partial charge in [-0.1, -0.05) is 33.8 Å². The highest BCUT2D eigenvalue weighted by Gasteiger charge is 2.53. The van der Waals surface area contributed by atoms with Crippen LogP contribution in [0.1, 0.15) is 58.2 Å². The predicted molar refractivity (Wildman–Crippen MR) is 134 cm³/mol. The maximum absolute atomic E-state index is 15.3. The Balaban J connectivity index is 1.46. The molecule has 2 heterocycles. The van der Waals surface area contributed by atoms with Crippen molar-refractivity contribution in [1.82, 2.24) is 4.57 Å². The molecule has 6 nitrogen and oxygen atoms in total. The molecule has 1 aliphatic carbocycles. The highest BCUT2D eigenvalue weighted by atomic mass is 19.3. The fraction of sp³-hybridized carbons (Fsp3) is 0.464. The Morgan fingerprint density at radius 2 is 1.84 bits per heavy atom. The number of rotatable bonds is 7. The molecule has 1 fully saturated rings. The normalized spacial score (nSPS) is 18.2. The van der Waals surface area contributed by atoms with Crippen molar-refractivity contribution in [3.63, 3.8) is 0 Å². The lowest BCUT2D eigenvalue weighted by atomic mass is 9.91. The molecule has 0 bridgehead atoms. The Kier molecular flexibility index (Phi) is 5.97. The summed E-state index contributed by atoms with van der Waals surface area (Å²) in [6.07, 6.45) is -1.95. The highest BCUT2D eigenvalue weighted by molar-refractivity contribution is 6.02. The number of carbonyl (C=O) groups excluding carboxylic acids is 1. The summed E-state index contributed by atoms with van der Waals surface area (Å²) in [5.41, 5.74) is 1.11. The SMILES string of the molecule is CC[C@@H](CO)Cn1c(C(C)(C)C)cc2cc(NC(=O)C3(c4ccc5c(c4)OC(F)(F)O5)CC3)c(F)cc21. The predicted octanol–water partition coefficient (Wildman–Crippen LogP) is 6.09. The molecular formula is C28H31F3N2O4. The molecule has 0 unspecified atom stereocenters. The van der Waals surface area contributed by atoms with Crippen LogP contribution in [-0.4, -0.2) is 28.5 Å². The van der Waals surface area contributed by atoms with E-state index >= 15 is 4.39 Å². The van der Waals surface area contributed by atoms with E-state index in [1.807, 2.05) is 13.0 Å². The van der Waals surface area contributed by atoms with Gasteiger partial charge in [0.25, 0.3) is 0 Å². The molecule has 1 amide bonds. The van der Waals surface area contributed by atoms with Gasteiger partial charge in [-0.3, -0.25) is 4.79 Å². The lowest BCUT2D eigenvalue weighted by Gasteiger charge is -2.24. The van der Waals surface area contributed by atoms with E-state index in [0.717, 1.165) is 17.5 Å². The van der Waals surface area contributed by atoms with E-state index in [4.69, 9.17) is 0 Å². The zero-order chi connectivity index (χ0) is 26.8. The smallest absolute Gasteiger partial charge is 0.396 e. The molecular weight excluding hydrogens is 485 g/mol. The number of anilines is 1. The lowest BCUT2D eigenvalue weighted by molar-refractivity contribution is -0.286. The van der Waals surface area contributed by atoms with Crippen LogP contribution in [0.25, 0.3) is 10.9 Å². The third-order valence-corrected chi connectivity index (χ3v) is 7.42. The van der Waals surface area contributed by atoms with Crippen molar-refractivity contribution in [3.8, 4) is 11.5 Å². The minimum absolute atomic E-state index is 0.0375. The third-order valence-electron chi connectivity index (χ3n) is 7.42. The van der Waals surface area contributed by atoms with Crippen LogP contribution in [0, 0.1) is 11.7 Å². The van der Waals surface area contributed by atoms with Crippen LogP contribution < -0.4 is 14.8 Å². The second-order valence-corrected chi connectivity index (χ2v) is 11.1. The fourth-order valence-electron chi connectivity index (χ4n) is 5.03. The van der Waals surface area contributed by atoms with Crippen molar-refractivity contribution in [2.45, 2.75) is 70.6 Å². The van der Waals surface area contributed by atoms with E-state index in [2.05, 4.69) is 40.1 Å². The number of amides is 1. The molecule has 1 atom stereocenters. The molecule has 0 spiro atoms. The summed E-state index contributed by atoms with van der Waals surface area (Å²) >= 11 is 0. The minimum Gasteiger partial charge on any atom is -0.396 e. The molecule has 2 N–H and O–H groups in total. The summed E-state index contributed by atoms with van der Waals surface area (Å²) in [5.74, 6) is -1.15. The van der Waals surface area contributed by atoms with Crippen LogP contribution in [0.3, 0.4) is 0 Å². The van der Waals surface area contributed by atoms with Gasteiger partial charge in [-0.2, -0.15) is 0 Å². The zero-order valence-electron chi connectivity index (χ0n) is 21.3. The summed E-state index contributed by atoms with van der Waals surface area (Å²) in [6.45, 7) is 8.84. The number of alkyl halides is 2. The number of nitrogens with zero attached hydrogens (tertiary/aromatic N) is 1. The van der Waals surface area contributed by atoms with Gasteiger partial charge < -0.3 is 24.5 Å².